The number of fused-ring (bicyclic) bond motifs is 2. The number of benzene rings is 3. The Kier molecular flexibility index (Phi) is 5.17. The lowest BCUT2D eigenvalue weighted by atomic mass is 10.1. The molecule has 4 aromatic rings. The quantitative estimate of drug-likeness (QED) is 0.414. The van der Waals surface area contributed by atoms with Gasteiger partial charge in [-0.15, -0.1) is 0 Å². The number of phenols is 1. The molecule has 0 fully saturated rings. The van der Waals surface area contributed by atoms with Crippen LogP contribution in [0, 0.1) is 0 Å². The normalized spacial score (nSPS) is 12.0. The van der Waals surface area contributed by atoms with Gasteiger partial charge < -0.3 is 5.11 Å². The molecule has 1 heterocycles. The molecule has 7 heteroatoms. The maximum absolute atomic E-state index is 12.3. The van der Waals surface area contributed by atoms with Crippen LogP contribution in [0.2, 0.25) is 0 Å². The molecule has 0 spiro atoms. The highest BCUT2D eigenvalue weighted by Gasteiger charge is 2.16. The van der Waals surface area contributed by atoms with Crippen LogP contribution < -0.4 is 4.72 Å². The average molecular weight is 423 g/mol. The van der Waals surface area contributed by atoms with Gasteiger partial charge in [0.1, 0.15) is 5.75 Å². The van der Waals surface area contributed by atoms with E-state index in [2.05, 4.69) is 9.71 Å². The lowest BCUT2D eigenvalue weighted by Crippen LogP contribution is -2.09. The van der Waals surface area contributed by atoms with E-state index in [4.69, 9.17) is 0 Å². The molecule has 0 atom stereocenters. The Morgan fingerprint density at radius 1 is 1.00 bits per heavy atom. The van der Waals surface area contributed by atoms with Gasteiger partial charge >= 0.3 is 0 Å². The number of nitrogens with one attached hydrogen (secondary N) is 1. The van der Waals surface area contributed by atoms with E-state index < -0.39 is 10.0 Å². The van der Waals surface area contributed by atoms with Crippen molar-refractivity contribution in [3.8, 4) is 5.75 Å². The lowest BCUT2D eigenvalue weighted by Gasteiger charge is -2.14. The first kappa shape index (κ1) is 19.3. The van der Waals surface area contributed by atoms with Crippen molar-refractivity contribution < 1.29 is 13.5 Å². The zero-order valence-corrected chi connectivity index (χ0v) is 17.2. The van der Waals surface area contributed by atoms with E-state index in [1.165, 1.54) is 17.8 Å². The van der Waals surface area contributed by atoms with Crippen LogP contribution in [0.25, 0.3) is 21.7 Å². The molecule has 0 unspecified atom stereocenters. The highest BCUT2D eigenvalue weighted by Crippen LogP contribution is 2.44. The predicted octanol–water partition coefficient (Wildman–Crippen LogP) is 5.52. The molecule has 0 saturated heterocycles. The van der Waals surface area contributed by atoms with E-state index in [1.54, 1.807) is 43.5 Å². The van der Waals surface area contributed by atoms with Crippen molar-refractivity contribution in [2.24, 2.45) is 0 Å². The number of aromatic hydroxyl groups is 1. The Balaban J connectivity index is 1.87. The summed E-state index contributed by atoms with van der Waals surface area (Å²) in [5.41, 5.74) is 1.23. The summed E-state index contributed by atoms with van der Waals surface area (Å²) in [6.07, 6.45) is 3.19. The van der Waals surface area contributed by atoms with E-state index in [0.717, 1.165) is 21.2 Å². The van der Waals surface area contributed by atoms with Gasteiger partial charge in [0.25, 0.3) is 10.0 Å². The van der Waals surface area contributed by atoms with Crippen LogP contribution in [0.4, 0.5) is 5.69 Å². The average Bonchev–Trinajstić information content (AvgIpc) is 2.71. The Morgan fingerprint density at radius 3 is 2.55 bits per heavy atom. The number of nitrogens with zero attached hydrogens (tertiary/aromatic N) is 1. The molecule has 0 amide bonds. The van der Waals surface area contributed by atoms with Gasteiger partial charge in [-0.25, -0.2) is 8.42 Å². The molecule has 0 aliphatic heterocycles. The number of allylic oxidation sites excluding steroid dienone is 1. The second kappa shape index (κ2) is 7.77. The number of pyridine rings is 1. The molecule has 0 saturated carbocycles. The molecule has 1 aromatic heterocycles. The van der Waals surface area contributed by atoms with E-state index in [1.807, 2.05) is 30.3 Å². The molecule has 2 N–H and O–H groups in total. The topological polar surface area (TPSA) is 79.3 Å². The Morgan fingerprint density at radius 2 is 1.76 bits per heavy atom. The van der Waals surface area contributed by atoms with Crippen LogP contribution in [0.15, 0.2) is 88.1 Å². The number of rotatable bonds is 5. The molecule has 29 heavy (non-hydrogen) atoms. The smallest absolute Gasteiger partial charge is 0.254 e. The third-order valence-corrected chi connectivity index (χ3v) is 6.58. The zero-order valence-electron chi connectivity index (χ0n) is 15.5. The first-order valence-electron chi connectivity index (χ1n) is 8.90. The zero-order chi connectivity index (χ0) is 20.4. The molecular formula is C22H18N2O3S2. The number of phenolic OH excluding ortho intramolecular Hbond substituents is 1. The van der Waals surface area contributed by atoms with Gasteiger partial charge in [0, 0.05) is 32.7 Å². The Labute approximate surface area is 173 Å². The second-order valence-electron chi connectivity index (χ2n) is 6.37. The summed E-state index contributed by atoms with van der Waals surface area (Å²) in [7, 11) is -3.65. The SMILES string of the molecule is C/C=C/S(=O)(=O)Nc1cc(Sc2cccc3cccnc23)c(O)c2ccccc12. The standard InChI is InChI=1S/C22H18N2O3S2/c1-2-13-29(26,27)24-18-14-20(22(25)17-10-4-3-9-16(17)18)28-19-11-5-7-15-8-6-12-23-21(15)19/h2-14,24-25H,1H3/b13-2+. The molecule has 4 rings (SSSR count). The molecule has 0 radical (unpaired) electrons. The van der Waals surface area contributed by atoms with Crippen molar-refractivity contribution in [2.75, 3.05) is 4.72 Å². The van der Waals surface area contributed by atoms with Crippen LogP contribution in [0.5, 0.6) is 5.75 Å². The van der Waals surface area contributed by atoms with Crippen molar-refractivity contribution in [1.29, 1.82) is 0 Å². The summed E-state index contributed by atoms with van der Waals surface area (Å²) in [6.45, 7) is 1.64. The molecule has 146 valence electrons. The third kappa shape index (κ3) is 3.92. The van der Waals surface area contributed by atoms with Gasteiger partial charge in [0.15, 0.2) is 0 Å². The highest BCUT2D eigenvalue weighted by atomic mass is 32.2. The van der Waals surface area contributed by atoms with E-state index >= 15 is 0 Å². The monoisotopic (exact) mass is 422 g/mol. The number of hydrogen-bond donors (Lipinski definition) is 2. The molecule has 5 nitrogen and oxygen atoms in total. The minimum Gasteiger partial charge on any atom is -0.506 e. The van der Waals surface area contributed by atoms with Crippen LogP contribution in [0.3, 0.4) is 0 Å². The number of aromatic nitrogens is 1. The predicted molar refractivity (Wildman–Crippen MR) is 119 cm³/mol. The summed E-state index contributed by atoms with van der Waals surface area (Å²) in [5, 5.41) is 14.2. The first-order chi connectivity index (χ1) is 14.0. The highest BCUT2D eigenvalue weighted by molar-refractivity contribution is 7.99. The van der Waals surface area contributed by atoms with Gasteiger partial charge in [-0.05, 0) is 25.1 Å². The second-order valence-corrected chi connectivity index (χ2v) is 9.02. The molecule has 0 bridgehead atoms. The van der Waals surface area contributed by atoms with Crippen molar-refractivity contribution in [3.63, 3.8) is 0 Å². The van der Waals surface area contributed by atoms with Crippen LogP contribution in [0.1, 0.15) is 6.92 Å². The summed E-state index contributed by atoms with van der Waals surface area (Å²) >= 11 is 1.35. The van der Waals surface area contributed by atoms with Crippen molar-refractivity contribution in [1.82, 2.24) is 4.98 Å². The summed E-state index contributed by atoms with van der Waals surface area (Å²) in [6, 6.07) is 18.5. The number of hydrogen-bond acceptors (Lipinski definition) is 5. The number of anilines is 1. The Bertz CT molecular complexity index is 1340. The molecule has 3 aromatic carbocycles. The van der Waals surface area contributed by atoms with Gasteiger partial charge in [-0.2, -0.15) is 0 Å². The fourth-order valence-corrected chi connectivity index (χ4v) is 5.08. The minimum absolute atomic E-state index is 0.104. The van der Waals surface area contributed by atoms with Crippen molar-refractivity contribution >= 4 is 49.1 Å². The maximum Gasteiger partial charge on any atom is 0.254 e. The molecule has 0 aliphatic carbocycles. The first-order valence-corrected chi connectivity index (χ1v) is 11.3. The molecular weight excluding hydrogens is 404 g/mol. The van der Waals surface area contributed by atoms with E-state index in [9.17, 15) is 13.5 Å². The fourth-order valence-electron chi connectivity index (χ4n) is 3.14. The van der Waals surface area contributed by atoms with Crippen LogP contribution in [-0.4, -0.2) is 18.5 Å². The van der Waals surface area contributed by atoms with Crippen molar-refractivity contribution in [2.45, 2.75) is 16.7 Å². The van der Waals surface area contributed by atoms with E-state index in [-0.39, 0.29) is 5.75 Å². The van der Waals surface area contributed by atoms with Crippen LogP contribution >= 0.6 is 11.8 Å². The number of para-hydroxylation sites is 1. The van der Waals surface area contributed by atoms with Crippen LogP contribution in [-0.2, 0) is 10.0 Å². The van der Waals surface area contributed by atoms with E-state index in [0.29, 0.717) is 21.4 Å². The van der Waals surface area contributed by atoms with Gasteiger partial charge in [0.2, 0.25) is 0 Å². The van der Waals surface area contributed by atoms with Gasteiger partial charge in [0.05, 0.1) is 16.1 Å². The van der Waals surface area contributed by atoms with Gasteiger partial charge in [-0.3, -0.25) is 9.71 Å². The summed E-state index contributed by atoms with van der Waals surface area (Å²) in [4.78, 5) is 5.87. The Hall–Kier alpha value is -3.03. The van der Waals surface area contributed by atoms with Gasteiger partial charge in [-0.1, -0.05) is 60.3 Å². The summed E-state index contributed by atoms with van der Waals surface area (Å²) < 4.78 is 27.2. The lowest BCUT2D eigenvalue weighted by molar-refractivity contribution is 0.469. The fraction of sp³-hybridized carbons (Fsp3) is 0.0455. The molecule has 0 aliphatic rings. The maximum atomic E-state index is 12.3. The minimum atomic E-state index is -3.65. The third-order valence-electron chi connectivity index (χ3n) is 4.36. The largest absolute Gasteiger partial charge is 0.506 e. The summed E-state index contributed by atoms with van der Waals surface area (Å²) in [5.74, 6) is 0.104. The number of sulfonamides is 1. The van der Waals surface area contributed by atoms with Crippen molar-refractivity contribution in [3.05, 3.63) is 78.3 Å².